The summed E-state index contributed by atoms with van der Waals surface area (Å²) in [6, 6.07) is 3.23. The van der Waals surface area contributed by atoms with Crippen molar-refractivity contribution in [3.63, 3.8) is 0 Å². The highest BCUT2D eigenvalue weighted by Gasteiger charge is 2.25. The van der Waals surface area contributed by atoms with Gasteiger partial charge < -0.3 is 20.1 Å². The SMILES string of the molecule is [2H]C([2H])(c1ccc2c(c1O)OC=C(O)C=C2)N1CCC(C(O)CCC)CC1. The molecule has 0 spiro atoms. The number of phenolic OH excluding ortho intramolecular Hbond substituents is 1. The van der Waals surface area contributed by atoms with Crippen molar-refractivity contribution < 1.29 is 22.8 Å². The van der Waals surface area contributed by atoms with Gasteiger partial charge in [0.05, 0.1) is 6.10 Å². The zero-order chi connectivity index (χ0) is 19.6. The number of piperidine rings is 1. The summed E-state index contributed by atoms with van der Waals surface area (Å²) in [5.74, 6) is -0.0201. The molecule has 5 heteroatoms. The van der Waals surface area contributed by atoms with Crippen LogP contribution in [0.15, 0.2) is 30.2 Å². The zero-order valence-electron chi connectivity index (χ0n) is 16.5. The minimum absolute atomic E-state index is 0.0807. The lowest BCUT2D eigenvalue weighted by atomic mass is 9.89. The van der Waals surface area contributed by atoms with Gasteiger partial charge in [-0.3, -0.25) is 4.90 Å². The molecule has 1 aromatic carbocycles. The van der Waals surface area contributed by atoms with E-state index in [0.29, 0.717) is 18.7 Å². The fraction of sp³-hybridized carbons (Fsp3) is 0.500. The predicted molar refractivity (Wildman–Crippen MR) is 97.4 cm³/mol. The van der Waals surface area contributed by atoms with Crippen molar-refractivity contribution in [2.24, 2.45) is 5.92 Å². The summed E-state index contributed by atoms with van der Waals surface area (Å²) >= 11 is 0. The molecule has 2 aliphatic rings. The Kier molecular flexibility index (Phi) is 4.85. The fourth-order valence-corrected chi connectivity index (χ4v) is 3.36. The van der Waals surface area contributed by atoms with E-state index in [0.717, 1.165) is 31.9 Å². The van der Waals surface area contributed by atoms with Gasteiger partial charge in [-0.25, -0.2) is 0 Å². The second-order valence-corrected chi connectivity index (χ2v) is 6.67. The number of likely N-dealkylation sites (tertiary alicyclic amines) is 1. The third kappa shape index (κ3) is 4.17. The van der Waals surface area contributed by atoms with Gasteiger partial charge in [-0.15, -0.1) is 0 Å². The average Bonchev–Trinajstić information content (AvgIpc) is 2.84. The van der Waals surface area contributed by atoms with Crippen LogP contribution in [0.2, 0.25) is 0 Å². The molecule has 1 atom stereocenters. The molecule has 5 nitrogen and oxygen atoms in total. The number of allylic oxidation sites excluding steroid dienone is 1. The molecule has 0 aromatic heterocycles. The van der Waals surface area contributed by atoms with Crippen LogP contribution in [0.4, 0.5) is 0 Å². The molecule has 3 rings (SSSR count). The van der Waals surface area contributed by atoms with E-state index in [9.17, 15) is 15.3 Å². The Morgan fingerprint density at radius 1 is 1.28 bits per heavy atom. The highest BCUT2D eigenvalue weighted by molar-refractivity contribution is 5.66. The van der Waals surface area contributed by atoms with E-state index in [1.807, 2.05) is 6.92 Å². The predicted octanol–water partition coefficient (Wildman–Crippen LogP) is 3.57. The van der Waals surface area contributed by atoms with E-state index in [1.54, 1.807) is 23.1 Å². The van der Waals surface area contributed by atoms with Crippen molar-refractivity contribution in [2.75, 3.05) is 13.1 Å². The summed E-state index contributed by atoms with van der Waals surface area (Å²) in [6.45, 7) is 1.20. The molecule has 136 valence electrons. The zero-order valence-corrected chi connectivity index (χ0v) is 14.5. The number of ether oxygens (including phenoxy) is 1. The monoisotopic (exact) mass is 347 g/mol. The standard InChI is InChI=1S/C20H27NO4/c1-2-3-18(23)14-8-10-21(11-9-14)12-16-5-4-15-6-7-17(22)13-25-20(15)19(16)24/h4-7,13-14,18,22-24H,2-3,8-12H2,1H3/i12D2. The number of nitrogens with zero attached hydrogens (tertiary/aromatic N) is 1. The van der Waals surface area contributed by atoms with Crippen molar-refractivity contribution >= 4 is 6.08 Å². The summed E-state index contributed by atoms with van der Waals surface area (Å²) in [6.07, 6.45) is 6.99. The Morgan fingerprint density at radius 2 is 2.04 bits per heavy atom. The molecule has 25 heavy (non-hydrogen) atoms. The molecular weight excluding hydrogens is 318 g/mol. The van der Waals surface area contributed by atoms with Crippen LogP contribution >= 0.6 is 0 Å². The Balaban J connectivity index is 1.79. The van der Waals surface area contributed by atoms with Crippen molar-refractivity contribution in [2.45, 2.75) is 45.2 Å². The van der Waals surface area contributed by atoms with E-state index in [4.69, 9.17) is 7.48 Å². The van der Waals surface area contributed by atoms with E-state index in [1.165, 1.54) is 6.08 Å². The van der Waals surface area contributed by atoms with Crippen LogP contribution in [-0.2, 0) is 6.50 Å². The van der Waals surface area contributed by atoms with Crippen LogP contribution in [0.25, 0.3) is 6.08 Å². The molecule has 1 unspecified atom stereocenters. The Hall–Kier alpha value is -1.98. The van der Waals surface area contributed by atoms with Crippen molar-refractivity contribution in [1.29, 1.82) is 0 Å². The largest absolute Gasteiger partial charge is 0.505 e. The maximum Gasteiger partial charge on any atom is 0.175 e. The van der Waals surface area contributed by atoms with Crippen LogP contribution in [0.5, 0.6) is 11.5 Å². The van der Waals surface area contributed by atoms with E-state index in [2.05, 4.69) is 0 Å². The van der Waals surface area contributed by atoms with Gasteiger partial charge >= 0.3 is 0 Å². The maximum atomic E-state index is 10.6. The number of aliphatic hydroxyl groups is 2. The molecule has 0 radical (unpaired) electrons. The second kappa shape index (κ2) is 7.93. The summed E-state index contributed by atoms with van der Waals surface area (Å²) < 4.78 is 22.5. The Bertz CT molecular complexity index is 740. The first kappa shape index (κ1) is 15.3. The van der Waals surface area contributed by atoms with E-state index in [-0.39, 0.29) is 34.8 Å². The second-order valence-electron chi connectivity index (χ2n) is 6.67. The number of aromatic hydroxyl groups is 1. The minimum atomic E-state index is -1.87. The molecule has 0 saturated carbocycles. The van der Waals surface area contributed by atoms with E-state index >= 15 is 0 Å². The summed E-state index contributed by atoms with van der Waals surface area (Å²) in [4.78, 5) is 1.70. The topological polar surface area (TPSA) is 73.2 Å². The first-order valence-corrected chi connectivity index (χ1v) is 8.88. The van der Waals surface area contributed by atoms with Crippen molar-refractivity contribution in [3.8, 4) is 11.5 Å². The van der Waals surface area contributed by atoms with Gasteiger partial charge in [-0.2, -0.15) is 0 Å². The van der Waals surface area contributed by atoms with Crippen LogP contribution < -0.4 is 4.74 Å². The van der Waals surface area contributed by atoms with E-state index < -0.39 is 6.50 Å². The Morgan fingerprint density at radius 3 is 2.76 bits per heavy atom. The van der Waals surface area contributed by atoms with Crippen LogP contribution in [0, 0.1) is 5.92 Å². The molecule has 2 aliphatic heterocycles. The molecular formula is C20H27NO4. The van der Waals surface area contributed by atoms with Gasteiger partial charge in [-0.1, -0.05) is 25.5 Å². The first-order chi connectivity index (χ1) is 12.8. The summed E-state index contributed by atoms with van der Waals surface area (Å²) in [7, 11) is 0. The van der Waals surface area contributed by atoms with Crippen molar-refractivity contribution in [1.82, 2.24) is 4.90 Å². The molecule has 1 fully saturated rings. The quantitative estimate of drug-likeness (QED) is 0.759. The summed E-state index contributed by atoms with van der Waals surface area (Å²) in [5, 5.41) is 30.4. The molecule has 1 saturated heterocycles. The number of hydrogen-bond donors (Lipinski definition) is 3. The molecule has 1 aromatic rings. The van der Waals surface area contributed by atoms with Gasteiger partial charge in [0.2, 0.25) is 0 Å². The van der Waals surface area contributed by atoms with Crippen LogP contribution in [-0.4, -0.2) is 39.4 Å². The number of aliphatic hydroxyl groups excluding tert-OH is 2. The lowest BCUT2D eigenvalue weighted by molar-refractivity contribution is 0.0510. The average molecular weight is 347 g/mol. The lowest BCUT2D eigenvalue weighted by Gasteiger charge is -2.34. The number of fused-ring (bicyclic) bond motifs is 1. The Labute approximate surface area is 151 Å². The van der Waals surface area contributed by atoms with Gasteiger partial charge in [0.15, 0.2) is 17.3 Å². The first-order valence-electron chi connectivity index (χ1n) is 9.88. The third-order valence-electron chi connectivity index (χ3n) is 4.84. The maximum absolute atomic E-state index is 10.6. The third-order valence-corrected chi connectivity index (χ3v) is 4.84. The molecule has 0 amide bonds. The highest BCUT2D eigenvalue weighted by atomic mass is 16.5. The number of benzene rings is 1. The normalized spacial score (nSPS) is 21.4. The number of rotatable bonds is 5. The van der Waals surface area contributed by atoms with Gasteiger partial charge in [0, 0.05) is 20.4 Å². The molecule has 3 N–H and O–H groups in total. The fourth-order valence-electron chi connectivity index (χ4n) is 3.36. The van der Waals surface area contributed by atoms with Gasteiger partial charge in [-0.05, 0) is 50.4 Å². The molecule has 2 heterocycles. The van der Waals surface area contributed by atoms with Gasteiger partial charge in [0.1, 0.15) is 6.26 Å². The lowest BCUT2D eigenvalue weighted by Crippen LogP contribution is -2.37. The highest BCUT2D eigenvalue weighted by Crippen LogP contribution is 2.37. The van der Waals surface area contributed by atoms with Crippen LogP contribution in [0.3, 0.4) is 0 Å². The van der Waals surface area contributed by atoms with Crippen molar-refractivity contribution in [3.05, 3.63) is 41.4 Å². The van der Waals surface area contributed by atoms with Gasteiger partial charge in [0.25, 0.3) is 0 Å². The minimum Gasteiger partial charge on any atom is -0.505 e. The smallest absolute Gasteiger partial charge is 0.175 e. The number of phenols is 1. The van der Waals surface area contributed by atoms with Crippen LogP contribution in [0.1, 0.15) is 46.5 Å². The number of hydrogen-bond acceptors (Lipinski definition) is 5. The molecule has 0 aliphatic carbocycles. The molecule has 0 bridgehead atoms. The summed E-state index contributed by atoms with van der Waals surface area (Å²) in [5.41, 5.74) is 0.700.